The number of carbonyl (C=O) groups excluding carboxylic acids is 1. The van der Waals surface area contributed by atoms with E-state index in [1.165, 1.54) is 21.8 Å². The molecule has 1 N–H and O–H groups in total. The number of aromatic nitrogens is 1. The summed E-state index contributed by atoms with van der Waals surface area (Å²) in [4.78, 5) is 12.2. The fourth-order valence-electron chi connectivity index (χ4n) is 3.52. The molecule has 130 valence electrons. The van der Waals surface area contributed by atoms with Crippen LogP contribution < -0.4 is 5.32 Å². The number of alkyl halides is 2. The first kappa shape index (κ1) is 16.7. The molecule has 0 saturated heterocycles. The maximum atomic E-state index is 12.2. The molecule has 1 unspecified atom stereocenters. The van der Waals surface area contributed by atoms with Crippen LogP contribution in [0.15, 0.2) is 48.5 Å². The largest absolute Gasteiger partial charge is 0.355 e. The van der Waals surface area contributed by atoms with Crippen LogP contribution in [0.4, 0.5) is 0 Å². The van der Waals surface area contributed by atoms with Crippen molar-refractivity contribution in [3.8, 4) is 0 Å². The Bertz CT molecular complexity index is 909. The Kier molecular flexibility index (Phi) is 3.97. The summed E-state index contributed by atoms with van der Waals surface area (Å²) in [6, 6.07) is 16.9. The highest BCUT2D eigenvalue weighted by atomic mass is 35.5. The number of rotatable bonds is 5. The number of benzene rings is 2. The highest BCUT2D eigenvalue weighted by Gasteiger charge is 2.67. The van der Waals surface area contributed by atoms with Crippen LogP contribution in [0.5, 0.6) is 0 Å². The molecule has 1 aliphatic carbocycles. The zero-order valence-corrected chi connectivity index (χ0v) is 15.6. The first-order chi connectivity index (χ1) is 11.9. The third-order valence-corrected chi connectivity index (χ3v) is 6.38. The highest BCUT2D eigenvalue weighted by molar-refractivity contribution is 6.53. The Morgan fingerprint density at radius 2 is 1.60 bits per heavy atom. The first-order valence-corrected chi connectivity index (χ1v) is 9.32. The molecule has 5 heteroatoms. The summed E-state index contributed by atoms with van der Waals surface area (Å²) >= 11 is 12.1. The molecule has 1 fully saturated rings. The molecule has 0 spiro atoms. The van der Waals surface area contributed by atoms with Crippen LogP contribution in [0.25, 0.3) is 21.8 Å². The lowest BCUT2D eigenvalue weighted by atomic mass is 10.1. The van der Waals surface area contributed by atoms with Gasteiger partial charge in [-0.05, 0) is 31.9 Å². The van der Waals surface area contributed by atoms with Gasteiger partial charge in [-0.15, -0.1) is 23.2 Å². The standard InChI is InChI=1S/C20H20Cl2N2O/c1-19(13-20(19,21)22)18(25)23-11-6-12-24-16-9-4-2-7-14(16)15-8-3-5-10-17(15)24/h2-5,7-10H,6,11-13H2,1H3,(H,23,25). The SMILES string of the molecule is CC1(C(=O)NCCCn2c3ccccc3c3ccccc32)CC1(Cl)Cl. The number of halogens is 2. The van der Waals surface area contributed by atoms with Crippen LogP contribution >= 0.6 is 23.2 Å². The summed E-state index contributed by atoms with van der Waals surface area (Å²) in [5.41, 5.74) is 1.80. The number of nitrogens with zero attached hydrogens (tertiary/aromatic N) is 1. The number of hydrogen-bond acceptors (Lipinski definition) is 1. The van der Waals surface area contributed by atoms with E-state index in [4.69, 9.17) is 23.2 Å². The van der Waals surface area contributed by atoms with Gasteiger partial charge >= 0.3 is 0 Å². The minimum atomic E-state index is -0.913. The molecular weight excluding hydrogens is 355 g/mol. The van der Waals surface area contributed by atoms with Crippen molar-refractivity contribution in [2.45, 2.75) is 30.6 Å². The van der Waals surface area contributed by atoms with Crippen molar-refractivity contribution in [1.29, 1.82) is 0 Å². The van der Waals surface area contributed by atoms with Crippen LogP contribution in [-0.4, -0.2) is 21.4 Å². The van der Waals surface area contributed by atoms with Crippen molar-refractivity contribution in [1.82, 2.24) is 9.88 Å². The van der Waals surface area contributed by atoms with E-state index in [9.17, 15) is 4.79 Å². The van der Waals surface area contributed by atoms with Crippen molar-refractivity contribution in [3.05, 3.63) is 48.5 Å². The maximum Gasteiger partial charge on any atom is 0.229 e. The van der Waals surface area contributed by atoms with Crippen molar-refractivity contribution in [2.75, 3.05) is 6.54 Å². The van der Waals surface area contributed by atoms with E-state index in [1.54, 1.807) is 0 Å². The molecule has 1 saturated carbocycles. The van der Waals surface area contributed by atoms with Crippen LogP contribution in [-0.2, 0) is 11.3 Å². The van der Waals surface area contributed by atoms with Crippen molar-refractivity contribution in [3.63, 3.8) is 0 Å². The zero-order valence-electron chi connectivity index (χ0n) is 14.1. The van der Waals surface area contributed by atoms with Gasteiger partial charge in [-0.1, -0.05) is 36.4 Å². The maximum absolute atomic E-state index is 12.2. The normalized spacial score (nSPS) is 21.6. The summed E-state index contributed by atoms with van der Waals surface area (Å²) in [6.07, 6.45) is 1.36. The predicted octanol–water partition coefficient (Wildman–Crippen LogP) is 4.88. The van der Waals surface area contributed by atoms with E-state index in [1.807, 2.05) is 6.92 Å². The topological polar surface area (TPSA) is 34.0 Å². The molecule has 3 nitrogen and oxygen atoms in total. The smallest absolute Gasteiger partial charge is 0.229 e. The summed E-state index contributed by atoms with van der Waals surface area (Å²) < 4.78 is 1.41. The number of amides is 1. The molecule has 0 radical (unpaired) electrons. The van der Waals surface area contributed by atoms with Gasteiger partial charge < -0.3 is 9.88 Å². The number of hydrogen-bond donors (Lipinski definition) is 1. The number of aryl methyl sites for hydroxylation is 1. The van der Waals surface area contributed by atoms with E-state index >= 15 is 0 Å². The average Bonchev–Trinajstić information content (AvgIpc) is 2.99. The summed E-state index contributed by atoms with van der Waals surface area (Å²) in [7, 11) is 0. The van der Waals surface area contributed by atoms with Crippen LogP contribution in [0.3, 0.4) is 0 Å². The minimum absolute atomic E-state index is 0.0558. The Morgan fingerprint density at radius 3 is 2.12 bits per heavy atom. The van der Waals surface area contributed by atoms with E-state index < -0.39 is 9.75 Å². The van der Waals surface area contributed by atoms with Gasteiger partial charge in [0, 0.05) is 34.9 Å². The lowest BCUT2D eigenvalue weighted by molar-refractivity contribution is -0.125. The van der Waals surface area contributed by atoms with E-state index in [0.29, 0.717) is 13.0 Å². The van der Waals surface area contributed by atoms with Gasteiger partial charge in [-0.25, -0.2) is 0 Å². The van der Waals surface area contributed by atoms with Crippen LogP contribution in [0.2, 0.25) is 0 Å². The molecule has 3 aromatic rings. The Morgan fingerprint density at radius 1 is 1.08 bits per heavy atom. The molecule has 1 heterocycles. The molecule has 25 heavy (non-hydrogen) atoms. The van der Waals surface area contributed by atoms with E-state index in [0.717, 1.165) is 13.0 Å². The number of para-hydroxylation sites is 2. The first-order valence-electron chi connectivity index (χ1n) is 8.56. The van der Waals surface area contributed by atoms with Gasteiger partial charge in [-0.3, -0.25) is 4.79 Å². The molecule has 0 bridgehead atoms. The monoisotopic (exact) mass is 374 g/mol. The summed E-state index contributed by atoms with van der Waals surface area (Å²) in [5, 5.41) is 5.51. The van der Waals surface area contributed by atoms with Crippen LogP contribution in [0, 0.1) is 5.41 Å². The predicted molar refractivity (Wildman–Crippen MR) is 104 cm³/mol. The van der Waals surface area contributed by atoms with Gasteiger partial charge in [0.25, 0.3) is 0 Å². The highest BCUT2D eigenvalue weighted by Crippen LogP contribution is 2.63. The fraction of sp³-hybridized carbons (Fsp3) is 0.350. The second-order valence-corrected chi connectivity index (χ2v) is 8.49. The Balaban J connectivity index is 1.47. The second-order valence-electron chi connectivity index (χ2n) is 7.01. The van der Waals surface area contributed by atoms with Crippen molar-refractivity contribution < 1.29 is 4.79 Å². The lowest BCUT2D eigenvalue weighted by Gasteiger charge is -2.13. The van der Waals surface area contributed by atoms with E-state index in [-0.39, 0.29) is 5.91 Å². The summed E-state index contributed by atoms with van der Waals surface area (Å²) in [6.45, 7) is 3.27. The van der Waals surface area contributed by atoms with Crippen LogP contribution in [0.1, 0.15) is 19.8 Å². The number of carbonyl (C=O) groups is 1. The quantitative estimate of drug-likeness (QED) is 0.500. The Hall–Kier alpha value is -1.71. The Labute approximate surface area is 156 Å². The molecule has 1 aromatic heterocycles. The van der Waals surface area contributed by atoms with Gasteiger partial charge in [0.15, 0.2) is 0 Å². The number of nitrogens with one attached hydrogen (secondary N) is 1. The van der Waals surface area contributed by atoms with Crippen molar-refractivity contribution >= 4 is 50.9 Å². The van der Waals surface area contributed by atoms with Gasteiger partial charge in [-0.2, -0.15) is 0 Å². The van der Waals surface area contributed by atoms with E-state index in [2.05, 4.69) is 58.4 Å². The lowest BCUT2D eigenvalue weighted by Crippen LogP contribution is -2.34. The third-order valence-electron chi connectivity index (χ3n) is 5.28. The van der Waals surface area contributed by atoms with Gasteiger partial charge in [0.05, 0.1) is 5.41 Å². The molecule has 0 aliphatic heterocycles. The molecule has 2 aromatic carbocycles. The third kappa shape index (κ3) is 2.70. The average molecular weight is 375 g/mol. The zero-order chi connectivity index (χ0) is 17.7. The molecule has 1 amide bonds. The molecular formula is C20H20Cl2N2O. The molecule has 4 rings (SSSR count). The van der Waals surface area contributed by atoms with Gasteiger partial charge in [0.1, 0.15) is 4.33 Å². The molecule has 1 aliphatic rings. The summed E-state index contributed by atoms with van der Waals surface area (Å²) in [5.74, 6) is -0.0558. The fourth-order valence-corrected chi connectivity index (χ4v) is 4.23. The van der Waals surface area contributed by atoms with Gasteiger partial charge in [0.2, 0.25) is 5.91 Å². The number of fused-ring (bicyclic) bond motifs is 3. The van der Waals surface area contributed by atoms with Crippen molar-refractivity contribution in [2.24, 2.45) is 5.41 Å². The molecule has 1 atom stereocenters. The minimum Gasteiger partial charge on any atom is -0.355 e. The second kappa shape index (κ2) is 5.93.